The van der Waals surface area contributed by atoms with Crippen LogP contribution in [0.5, 0.6) is 0 Å². The van der Waals surface area contributed by atoms with E-state index in [9.17, 15) is 5.11 Å². The molecule has 0 aromatic carbocycles. The highest BCUT2D eigenvalue weighted by Gasteiger charge is 2.37. The van der Waals surface area contributed by atoms with Crippen LogP contribution in [0.1, 0.15) is 43.9 Å². The van der Waals surface area contributed by atoms with Crippen molar-refractivity contribution in [2.45, 2.75) is 51.0 Å². The Morgan fingerprint density at radius 2 is 2.47 bits per heavy atom. The summed E-state index contributed by atoms with van der Waals surface area (Å²) in [4.78, 5) is 5.30. The van der Waals surface area contributed by atoms with Crippen LogP contribution in [0.4, 0.5) is 0 Å². The standard InChI is InChI=1S/C12H19NOS/c1-2-10-5-3-4-6-12(10,14)7-11-8-13-9-15-11/h8-10,14H,2-7H2,1H3. The third-order valence-electron chi connectivity index (χ3n) is 3.63. The van der Waals surface area contributed by atoms with E-state index >= 15 is 0 Å². The summed E-state index contributed by atoms with van der Waals surface area (Å²) in [5.41, 5.74) is 1.39. The highest BCUT2D eigenvalue weighted by molar-refractivity contribution is 7.09. The summed E-state index contributed by atoms with van der Waals surface area (Å²) >= 11 is 1.66. The molecular formula is C12H19NOS. The molecule has 84 valence electrons. The molecule has 0 aliphatic heterocycles. The van der Waals surface area contributed by atoms with Gasteiger partial charge >= 0.3 is 0 Å². The van der Waals surface area contributed by atoms with Crippen molar-refractivity contribution in [1.29, 1.82) is 0 Å². The molecule has 3 heteroatoms. The number of hydrogen-bond donors (Lipinski definition) is 1. The third kappa shape index (κ3) is 2.40. The summed E-state index contributed by atoms with van der Waals surface area (Å²) in [6, 6.07) is 0. The van der Waals surface area contributed by atoms with E-state index in [4.69, 9.17) is 0 Å². The average Bonchev–Trinajstić information content (AvgIpc) is 2.70. The topological polar surface area (TPSA) is 33.1 Å². The molecule has 1 N–H and O–H groups in total. The fraction of sp³-hybridized carbons (Fsp3) is 0.750. The lowest BCUT2D eigenvalue weighted by molar-refractivity contribution is -0.0485. The molecule has 15 heavy (non-hydrogen) atoms. The smallest absolute Gasteiger partial charge is 0.0794 e. The number of nitrogens with zero attached hydrogens (tertiary/aromatic N) is 1. The van der Waals surface area contributed by atoms with E-state index in [2.05, 4.69) is 11.9 Å². The first kappa shape index (κ1) is 11.1. The van der Waals surface area contributed by atoms with Gasteiger partial charge in [-0.1, -0.05) is 26.2 Å². The second-order valence-electron chi connectivity index (χ2n) is 4.60. The number of aliphatic hydroxyl groups is 1. The Kier molecular flexibility index (Phi) is 3.42. The van der Waals surface area contributed by atoms with Crippen molar-refractivity contribution in [1.82, 2.24) is 4.98 Å². The SMILES string of the molecule is CCC1CCCCC1(O)Cc1cncs1. The van der Waals surface area contributed by atoms with Crippen molar-refractivity contribution >= 4 is 11.3 Å². The zero-order valence-corrected chi connectivity index (χ0v) is 10.1. The molecule has 0 bridgehead atoms. The normalized spacial score (nSPS) is 31.7. The van der Waals surface area contributed by atoms with Crippen molar-refractivity contribution in [3.8, 4) is 0 Å². The summed E-state index contributed by atoms with van der Waals surface area (Å²) in [6.07, 6.45) is 8.39. The molecule has 2 unspecified atom stereocenters. The van der Waals surface area contributed by atoms with Crippen LogP contribution >= 0.6 is 11.3 Å². The molecule has 2 rings (SSSR count). The first-order valence-corrected chi connectivity index (χ1v) is 6.72. The molecule has 0 saturated heterocycles. The lowest BCUT2D eigenvalue weighted by atomic mass is 9.72. The van der Waals surface area contributed by atoms with Gasteiger partial charge in [0.25, 0.3) is 0 Å². The van der Waals surface area contributed by atoms with Crippen LogP contribution in [0, 0.1) is 5.92 Å². The van der Waals surface area contributed by atoms with Gasteiger partial charge in [0.15, 0.2) is 0 Å². The monoisotopic (exact) mass is 225 g/mol. The predicted molar refractivity (Wildman–Crippen MR) is 63.0 cm³/mol. The Labute approximate surface area is 95.4 Å². The van der Waals surface area contributed by atoms with Gasteiger partial charge in [0, 0.05) is 17.5 Å². The number of thiazole rings is 1. The fourth-order valence-corrected chi connectivity index (χ4v) is 3.45. The number of hydrogen-bond acceptors (Lipinski definition) is 3. The molecule has 2 nitrogen and oxygen atoms in total. The Hall–Kier alpha value is -0.410. The van der Waals surface area contributed by atoms with Gasteiger partial charge in [0.2, 0.25) is 0 Å². The molecule has 0 spiro atoms. The molecule has 1 aromatic rings. The van der Waals surface area contributed by atoms with Crippen molar-refractivity contribution < 1.29 is 5.11 Å². The lowest BCUT2D eigenvalue weighted by Gasteiger charge is -2.39. The van der Waals surface area contributed by atoms with Crippen LogP contribution in [0.15, 0.2) is 11.7 Å². The largest absolute Gasteiger partial charge is 0.389 e. The summed E-state index contributed by atoms with van der Waals surface area (Å²) in [7, 11) is 0. The maximum absolute atomic E-state index is 10.7. The molecule has 1 aromatic heterocycles. The quantitative estimate of drug-likeness (QED) is 0.857. The van der Waals surface area contributed by atoms with E-state index in [1.54, 1.807) is 11.3 Å². The van der Waals surface area contributed by atoms with Crippen LogP contribution in [0.25, 0.3) is 0 Å². The fourth-order valence-electron chi connectivity index (χ4n) is 2.74. The second-order valence-corrected chi connectivity index (χ2v) is 5.57. The second kappa shape index (κ2) is 4.62. The molecule has 1 aliphatic rings. The van der Waals surface area contributed by atoms with Gasteiger partial charge in [-0.25, -0.2) is 0 Å². The van der Waals surface area contributed by atoms with Gasteiger partial charge in [-0.15, -0.1) is 11.3 Å². The van der Waals surface area contributed by atoms with Crippen molar-refractivity contribution in [2.75, 3.05) is 0 Å². The molecule has 1 fully saturated rings. The minimum absolute atomic E-state index is 0.459. The zero-order chi connectivity index (χ0) is 10.7. The molecule has 2 atom stereocenters. The van der Waals surface area contributed by atoms with Crippen molar-refractivity contribution in [2.24, 2.45) is 5.92 Å². The van der Waals surface area contributed by atoms with Crippen LogP contribution < -0.4 is 0 Å². The van der Waals surface area contributed by atoms with Gasteiger partial charge in [-0.2, -0.15) is 0 Å². The Morgan fingerprint density at radius 1 is 1.60 bits per heavy atom. The van der Waals surface area contributed by atoms with E-state index in [0.29, 0.717) is 5.92 Å². The maximum Gasteiger partial charge on any atom is 0.0794 e. The average molecular weight is 225 g/mol. The first-order valence-electron chi connectivity index (χ1n) is 5.84. The number of rotatable bonds is 3. The zero-order valence-electron chi connectivity index (χ0n) is 9.28. The minimum atomic E-state index is -0.459. The molecule has 0 radical (unpaired) electrons. The highest BCUT2D eigenvalue weighted by atomic mass is 32.1. The van der Waals surface area contributed by atoms with Gasteiger partial charge in [-0.05, 0) is 18.8 Å². The summed E-state index contributed by atoms with van der Waals surface area (Å²) in [5.74, 6) is 0.480. The minimum Gasteiger partial charge on any atom is -0.389 e. The Balaban J connectivity index is 2.09. The van der Waals surface area contributed by atoms with E-state index in [-0.39, 0.29) is 0 Å². The van der Waals surface area contributed by atoms with Gasteiger partial charge in [-0.3, -0.25) is 4.98 Å². The molecule has 1 aliphatic carbocycles. The predicted octanol–water partition coefficient (Wildman–Crippen LogP) is 3.02. The molecule has 1 heterocycles. The van der Waals surface area contributed by atoms with Crippen LogP contribution in [0.3, 0.4) is 0 Å². The van der Waals surface area contributed by atoms with Gasteiger partial charge in [0.05, 0.1) is 11.1 Å². The van der Waals surface area contributed by atoms with Crippen LogP contribution in [-0.4, -0.2) is 15.7 Å². The first-order chi connectivity index (χ1) is 7.24. The van der Waals surface area contributed by atoms with Crippen LogP contribution in [0.2, 0.25) is 0 Å². The Bertz CT molecular complexity index is 299. The van der Waals surface area contributed by atoms with E-state index in [1.165, 1.54) is 24.1 Å². The van der Waals surface area contributed by atoms with Crippen molar-refractivity contribution in [3.63, 3.8) is 0 Å². The van der Waals surface area contributed by atoms with E-state index in [0.717, 1.165) is 19.3 Å². The summed E-state index contributed by atoms with van der Waals surface area (Å²) in [5, 5.41) is 10.7. The lowest BCUT2D eigenvalue weighted by Crippen LogP contribution is -2.42. The molecule has 1 saturated carbocycles. The molecule has 0 amide bonds. The Morgan fingerprint density at radius 3 is 3.13 bits per heavy atom. The van der Waals surface area contributed by atoms with Gasteiger partial charge < -0.3 is 5.11 Å². The summed E-state index contributed by atoms with van der Waals surface area (Å²) in [6.45, 7) is 2.19. The molecular weight excluding hydrogens is 206 g/mol. The number of aromatic nitrogens is 1. The maximum atomic E-state index is 10.7. The summed E-state index contributed by atoms with van der Waals surface area (Å²) < 4.78 is 0. The van der Waals surface area contributed by atoms with Gasteiger partial charge in [0.1, 0.15) is 0 Å². The van der Waals surface area contributed by atoms with E-state index < -0.39 is 5.60 Å². The van der Waals surface area contributed by atoms with Crippen LogP contribution in [-0.2, 0) is 6.42 Å². The third-order valence-corrected chi connectivity index (χ3v) is 4.41. The van der Waals surface area contributed by atoms with Crippen molar-refractivity contribution in [3.05, 3.63) is 16.6 Å². The highest BCUT2D eigenvalue weighted by Crippen LogP contribution is 2.38. The van der Waals surface area contributed by atoms with E-state index in [1.807, 2.05) is 11.7 Å².